The topological polar surface area (TPSA) is 49.4 Å². The highest BCUT2D eigenvalue weighted by Crippen LogP contribution is 2.67. The lowest BCUT2D eigenvalue weighted by molar-refractivity contribution is -0.152. The number of hydrogen-bond donors (Lipinski definition) is 1. The fourth-order valence-electron chi connectivity index (χ4n) is 5.59. The van der Waals surface area contributed by atoms with Crippen molar-refractivity contribution in [1.29, 1.82) is 0 Å². The summed E-state index contributed by atoms with van der Waals surface area (Å²) in [5.41, 5.74) is 0. The van der Waals surface area contributed by atoms with Gasteiger partial charge in [-0.05, 0) is 55.3 Å². The van der Waals surface area contributed by atoms with Crippen LogP contribution in [0.3, 0.4) is 0 Å². The Morgan fingerprint density at radius 1 is 1.19 bits per heavy atom. The molecule has 116 valence electrons. The zero-order chi connectivity index (χ0) is 14.9. The molecule has 1 N–H and O–H groups in total. The average Bonchev–Trinajstić information content (AvgIpc) is 2.86. The lowest BCUT2D eigenvalue weighted by Gasteiger charge is -2.41. The molecule has 4 aliphatic rings. The second-order valence-electron chi connectivity index (χ2n) is 7.88. The smallest absolute Gasteiger partial charge is 0.246 e. The van der Waals surface area contributed by atoms with Crippen molar-refractivity contribution in [2.45, 2.75) is 64.6 Å². The van der Waals surface area contributed by atoms with Gasteiger partial charge in [0.15, 0.2) is 0 Å². The number of piperazine rings is 1. The van der Waals surface area contributed by atoms with E-state index >= 15 is 0 Å². The van der Waals surface area contributed by atoms with Crippen LogP contribution in [0.5, 0.6) is 0 Å². The predicted octanol–water partition coefficient (Wildman–Crippen LogP) is 1.79. The van der Waals surface area contributed by atoms with Crippen LogP contribution in [0.15, 0.2) is 0 Å². The second-order valence-corrected chi connectivity index (χ2v) is 7.88. The van der Waals surface area contributed by atoms with E-state index in [0.717, 1.165) is 18.3 Å². The molecule has 6 unspecified atom stereocenters. The fraction of sp³-hybridized carbons (Fsp3) is 0.882. The Bertz CT molecular complexity index is 473. The third-order valence-electron chi connectivity index (χ3n) is 6.53. The minimum Gasteiger partial charge on any atom is -0.342 e. The van der Waals surface area contributed by atoms with Gasteiger partial charge in [-0.2, -0.15) is 0 Å². The van der Waals surface area contributed by atoms with Gasteiger partial charge in [-0.15, -0.1) is 0 Å². The van der Waals surface area contributed by atoms with Crippen molar-refractivity contribution in [1.82, 2.24) is 10.2 Å². The van der Waals surface area contributed by atoms with Gasteiger partial charge in [-0.1, -0.05) is 20.8 Å². The van der Waals surface area contributed by atoms with Gasteiger partial charge >= 0.3 is 0 Å². The molecule has 4 nitrogen and oxygen atoms in total. The maximum atomic E-state index is 12.9. The van der Waals surface area contributed by atoms with Gasteiger partial charge in [0.1, 0.15) is 12.1 Å². The number of carbonyl (C=O) groups is 2. The van der Waals surface area contributed by atoms with Crippen LogP contribution in [0.4, 0.5) is 0 Å². The largest absolute Gasteiger partial charge is 0.342 e. The lowest BCUT2D eigenvalue weighted by atomic mass is 9.95. The minimum atomic E-state index is -0.320. The van der Waals surface area contributed by atoms with Gasteiger partial charge in [-0.25, -0.2) is 0 Å². The van der Waals surface area contributed by atoms with Crippen LogP contribution in [0.2, 0.25) is 0 Å². The van der Waals surface area contributed by atoms with E-state index in [1.807, 2.05) is 25.7 Å². The number of fused-ring (bicyclic) bond motifs is 5. The van der Waals surface area contributed by atoms with E-state index in [4.69, 9.17) is 0 Å². The zero-order valence-electron chi connectivity index (χ0n) is 13.2. The van der Waals surface area contributed by atoms with Crippen molar-refractivity contribution in [3.63, 3.8) is 0 Å². The highest BCUT2D eigenvalue weighted by Gasteiger charge is 2.69. The first-order valence-corrected chi connectivity index (χ1v) is 8.67. The molecule has 4 heteroatoms. The van der Waals surface area contributed by atoms with Crippen molar-refractivity contribution in [2.75, 3.05) is 0 Å². The van der Waals surface area contributed by atoms with Crippen molar-refractivity contribution >= 4 is 11.8 Å². The van der Waals surface area contributed by atoms with E-state index in [-0.39, 0.29) is 29.8 Å². The van der Waals surface area contributed by atoms with E-state index in [2.05, 4.69) is 5.32 Å². The second kappa shape index (κ2) is 4.47. The van der Waals surface area contributed by atoms with Crippen molar-refractivity contribution in [3.8, 4) is 0 Å². The summed E-state index contributed by atoms with van der Waals surface area (Å²) in [6, 6.07) is -0.178. The zero-order valence-corrected chi connectivity index (χ0v) is 13.2. The van der Waals surface area contributed by atoms with Crippen LogP contribution in [-0.4, -0.2) is 34.8 Å². The van der Waals surface area contributed by atoms with Crippen molar-refractivity contribution < 1.29 is 9.59 Å². The highest BCUT2D eigenvalue weighted by atomic mass is 16.2. The summed E-state index contributed by atoms with van der Waals surface area (Å²) in [6.07, 6.45) is 4.81. The van der Waals surface area contributed by atoms with Gasteiger partial charge in [0, 0.05) is 6.04 Å². The molecule has 1 aliphatic heterocycles. The van der Waals surface area contributed by atoms with Crippen LogP contribution in [0.1, 0.15) is 46.5 Å². The highest BCUT2D eigenvalue weighted by molar-refractivity contribution is 5.97. The van der Waals surface area contributed by atoms with Gasteiger partial charge < -0.3 is 10.2 Å². The summed E-state index contributed by atoms with van der Waals surface area (Å²) in [5.74, 6) is 3.48. The third-order valence-corrected chi connectivity index (χ3v) is 6.53. The summed E-state index contributed by atoms with van der Waals surface area (Å²) in [5, 5.41) is 2.95. The monoisotopic (exact) mass is 290 g/mol. The molecule has 2 amide bonds. The van der Waals surface area contributed by atoms with E-state index in [0.29, 0.717) is 17.9 Å². The standard InChI is InChI=1S/C17H26N2O2/c1-4-11-16(20)18-14(8(2)3)17(21)19(11)15-12-9-5-6-10(7-9)13(12)15/h8-15H,4-7H2,1-3H3,(H,18,20). The predicted molar refractivity (Wildman–Crippen MR) is 79.3 cm³/mol. The molecule has 0 radical (unpaired) electrons. The summed E-state index contributed by atoms with van der Waals surface area (Å²) < 4.78 is 0. The van der Waals surface area contributed by atoms with E-state index in [1.54, 1.807) is 0 Å². The van der Waals surface area contributed by atoms with Gasteiger partial charge in [0.05, 0.1) is 0 Å². The number of hydrogen-bond acceptors (Lipinski definition) is 2. The van der Waals surface area contributed by atoms with Crippen LogP contribution in [-0.2, 0) is 9.59 Å². The summed E-state index contributed by atoms with van der Waals surface area (Å²) in [7, 11) is 0. The van der Waals surface area contributed by atoms with E-state index in [9.17, 15) is 9.59 Å². The molecule has 0 spiro atoms. The van der Waals surface area contributed by atoms with Gasteiger partial charge in [0.2, 0.25) is 11.8 Å². The van der Waals surface area contributed by atoms with E-state index in [1.165, 1.54) is 19.3 Å². The van der Waals surface area contributed by atoms with Crippen molar-refractivity contribution in [3.05, 3.63) is 0 Å². The number of rotatable bonds is 3. The van der Waals surface area contributed by atoms with Crippen molar-refractivity contribution in [2.24, 2.45) is 29.6 Å². The Kier molecular flexibility index (Phi) is 2.89. The Hall–Kier alpha value is -1.06. The first-order chi connectivity index (χ1) is 10.0. The lowest BCUT2D eigenvalue weighted by Crippen LogP contribution is -2.65. The number of nitrogens with one attached hydrogen (secondary N) is 1. The number of nitrogens with zero attached hydrogens (tertiary/aromatic N) is 1. The SMILES string of the molecule is CCC1C(=O)NC(C(C)C)C(=O)N1C1C2C3CCC(C3)C21. The molecule has 3 aliphatic carbocycles. The van der Waals surface area contributed by atoms with Crippen LogP contribution in [0, 0.1) is 29.6 Å². The first kappa shape index (κ1) is 13.6. The molecule has 21 heavy (non-hydrogen) atoms. The molecule has 1 heterocycles. The van der Waals surface area contributed by atoms with Gasteiger partial charge in [-0.3, -0.25) is 9.59 Å². The fourth-order valence-corrected chi connectivity index (χ4v) is 5.59. The molecule has 1 saturated heterocycles. The molecule has 4 fully saturated rings. The van der Waals surface area contributed by atoms with Crippen LogP contribution < -0.4 is 5.32 Å². The van der Waals surface area contributed by atoms with Gasteiger partial charge in [0.25, 0.3) is 0 Å². The summed E-state index contributed by atoms with van der Waals surface area (Å²) >= 11 is 0. The Morgan fingerprint density at radius 3 is 2.33 bits per heavy atom. The van der Waals surface area contributed by atoms with E-state index < -0.39 is 0 Å². The maximum absolute atomic E-state index is 12.9. The van der Waals surface area contributed by atoms with Crippen LogP contribution in [0.25, 0.3) is 0 Å². The molecule has 3 saturated carbocycles. The molecule has 0 aromatic carbocycles. The number of carbonyl (C=O) groups excluding carboxylic acids is 2. The molecule has 0 aromatic heterocycles. The Balaban J connectivity index is 1.62. The molecule has 6 atom stereocenters. The Morgan fingerprint density at radius 2 is 1.81 bits per heavy atom. The molecule has 4 rings (SSSR count). The molecular weight excluding hydrogens is 264 g/mol. The summed E-state index contributed by atoms with van der Waals surface area (Å²) in [4.78, 5) is 27.4. The number of amides is 2. The molecular formula is C17H26N2O2. The Labute approximate surface area is 126 Å². The maximum Gasteiger partial charge on any atom is 0.246 e. The minimum absolute atomic E-state index is 0.0631. The normalized spacial score (nSPS) is 47.8. The first-order valence-electron chi connectivity index (χ1n) is 8.67. The summed E-state index contributed by atoms with van der Waals surface area (Å²) in [6.45, 7) is 6.06. The molecule has 2 bridgehead atoms. The average molecular weight is 290 g/mol. The van der Waals surface area contributed by atoms with Crippen LogP contribution >= 0.6 is 0 Å². The molecule has 0 aromatic rings. The third kappa shape index (κ3) is 1.74. The quantitative estimate of drug-likeness (QED) is 0.861.